The fourth-order valence-electron chi connectivity index (χ4n) is 8.75. The van der Waals surface area contributed by atoms with Crippen molar-refractivity contribution in [1.29, 1.82) is 0 Å². The quantitative estimate of drug-likeness (QED) is 0.0321. The number of amides is 1. The van der Waals surface area contributed by atoms with Gasteiger partial charge in [0, 0.05) is 12.8 Å². The molecule has 368 valence electrons. The first-order valence-electron chi connectivity index (χ1n) is 27.9. The molecule has 1 amide bonds. The normalized spacial score (nSPS) is 12.6. The van der Waals surface area contributed by atoms with Crippen LogP contribution < -0.4 is 5.32 Å². The van der Waals surface area contributed by atoms with E-state index in [1.165, 1.54) is 231 Å². The van der Waals surface area contributed by atoms with Gasteiger partial charge in [-0.3, -0.25) is 9.59 Å². The number of aliphatic hydroxyl groups excluding tert-OH is 2. The summed E-state index contributed by atoms with van der Waals surface area (Å²) in [5.41, 5.74) is 0. The van der Waals surface area contributed by atoms with E-state index in [2.05, 4.69) is 31.3 Å². The number of aliphatic hydroxyl groups is 2. The minimum atomic E-state index is -0.665. The van der Waals surface area contributed by atoms with Crippen LogP contribution in [-0.4, -0.2) is 47.4 Å². The Kier molecular flexibility index (Phi) is 51.0. The first kappa shape index (κ1) is 60.6. The van der Waals surface area contributed by atoms with E-state index in [-0.39, 0.29) is 18.5 Å². The summed E-state index contributed by atoms with van der Waals surface area (Å²) in [4.78, 5) is 24.5. The molecule has 2 unspecified atom stereocenters. The lowest BCUT2D eigenvalue weighted by Gasteiger charge is -2.22. The van der Waals surface area contributed by atoms with Crippen LogP contribution in [0.15, 0.2) is 12.2 Å². The van der Waals surface area contributed by atoms with Gasteiger partial charge in [0.05, 0.1) is 25.4 Å². The smallest absolute Gasteiger partial charge is 0.305 e. The van der Waals surface area contributed by atoms with Gasteiger partial charge in [0.25, 0.3) is 0 Å². The third kappa shape index (κ3) is 48.1. The average molecular weight is 876 g/mol. The van der Waals surface area contributed by atoms with Crippen molar-refractivity contribution in [3.05, 3.63) is 12.2 Å². The van der Waals surface area contributed by atoms with Crippen LogP contribution in [-0.2, 0) is 14.3 Å². The number of hydrogen-bond donors (Lipinski definition) is 3. The van der Waals surface area contributed by atoms with Crippen LogP contribution in [0.4, 0.5) is 0 Å². The molecule has 0 aromatic rings. The summed E-state index contributed by atoms with van der Waals surface area (Å²) in [6.45, 7) is 4.94. The number of carbonyl (C=O) groups excluding carboxylic acids is 2. The van der Waals surface area contributed by atoms with Crippen LogP contribution >= 0.6 is 0 Å². The molecule has 6 heteroatoms. The van der Waals surface area contributed by atoms with Crippen molar-refractivity contribution in [1.82, 2.24) is 5.32 Å². The average Bonchev–Trinajstić information content (AvgIpc) is 3.27. The lowest BCUT2D eigenvalue weighted by atomic mass is 10.0. The van der Waals surface area contributed by atoms with Crippen LogP contribution in [0.3, 0.4) is 0 Å². The Morgan fingerprint density at radius 3 is 1.15 bits per heavy atom. The molecule has 0 aliphatic rings. The molecule has 0 saturated carbocycles. The zero-order chi connectivity index (χ0) is 45.1. The fourth-order valence-corrected chi connectivity index (χ4v) is 8.75. The van der Waals surface area contributed by atoms with E-state index in [1.807, 2.05) is 0 Å². The number of unbranched alkanes of at least 4 members (excludes halogenated alkanes) is 39. The molecule has 2 atom stereocenters. The molecule has 0 aromatic heterocycles. The Hall–Kier alpha value is -1.40. The Labute approximate surface area is 387 Å². The first-order chi connectivity index (χ1) is 30.5. The van der Waals surface area contributed by atoms with E-state index in [9.17, 15) is 19.8 Å². The van der Waals surface area contributed by atoms with Crippen molar-refractivity contribution in [3.63, 3.8) is 0 Å². The van der Waals surface area contributed by atoms with Crippen LogP contribution in [0.25, 0.3) is 0 Å². The van der Waals surface area contributed by atoms with Gasteiger partial charge in [0.2, 0.25) is 5.91 Å². The van der Waals surface area contributed by atoms with Crippen molar-refractivity contribution in [2.24, 2.45) is 0 Å². The van der Waals surface area contributed by atoms with E-state index in [1.54, 1.807) is 0 Å². The molecule has 62 heavy (non-hydrogen) atoms. The van der Waals surface area contributed by atoms with Gasteiger partial charge in [-0.2, -0.15) is 0 Å². The van der Waals surface area contributed by atoms with Crippen molar-refractivity contribution >= 4 is 11.9 Å². The molecule has 0 fully saturated rings. The molecular weight excluding hydrogens is 767 g/mol. The number of rotatable bonds is 52. The lowest BCUT2D eigenvalue weighted by molar-refractivity contribution is -0.143. The summed E-state index contributed by atoms with van der Waals surface area (Å²) in [7, 11) is 0. The van der Waals surface area contributed by atoms with Crippen molar-refractivity contribution in [3.8, 4) is 0 Å². The third-order valence-electron chi connectivity index (χ3n) is 13.1. The molecular formula is C56H109NO5. The van der Waals surface area contributed by atoms with Gasteiger partial charge >= 0.3 is 5.97 Å². The zero-order valence-corrected chi connectivity index (χ0v) is 41.9. The minimum Gasteiger partial charge on any atom is -0.466 e. The molecule has 3 N–H and O–H groups in total. The van der Waals surface area contributed by atoms with Crippen LogP contribution in [0.5, 0.6) is 0 Å². The number of carbonyl (C=O) groups is 2. The maximum absolute atomic E-state index is 12.4. The Morgan fingerprint density at radius 1 is 0.435 bits per heavy atom. The van der Waals surface area contributed by atoms with E-state index in [0.717, 1.165) is 44.9 Å². The van der Waals surface area contributed by atoms with Crippen LogP contribution in [0.1, 0.15) is 309 Å². The standard InChI is InChI=1S/C56H109NO5/c1-3-5-7-9-11-13-15-17-22-26-30-34-38-42-46-50-56(61)62-51-47-43-39-35-31-27-24-21-19-18-20-23-25-29-33-37-41-45-49-55(60)57-53(52-58)54(59)48-44-40-36-32-28-16-14-12-10-8-6-4-2/h17,22,53-54,58-59H,3-16,18-21,23-52H2,1-2H3,(H,57,60)/b22-17-. The molecule has 0 rings (SSSR count). The second kappa shape index (κ2) is 52.2. The summed E-state index contributed by atoms with van der Waals surface area (Å²) in [6.07, 6.45) is 60.5. The molecule has 0 aliphatic heterocycles. The zero-order valence-electron chi connectivity index (χ0n) is 41.9. The van der Waals surface area contributed by atoms with Crippen molar-refractivity contribution < 1.29 is 24.5 Å². The van der Waals surface area contributed by atoms with Crippen molar-refractivity contribution in [2.75, 3.05) is 13.2 Å². The van der Waals surface area contributed by atoms with Crippen LogP contribution in [0, 0.1) is 0 Å². The fraction of sp³-hybridized carbons (Fsp3) is 0.929. The number of allylic oxidation sites excluding steroid dienone is 2. The summed E-state index contributed by atoms with van der Waals surface area (Å²) in [5, 5.41) is 23.2. The highest BCUT2D eigenvalue weighted by molar-refractivity contribution is 5.76. The molecule has 6 nitrogen and oxygen atoms in total. The van der Waals surface area contributed by atoms with Gasteiger partial charge < -0.3 is 20.3 Å². The molecule has 0 aromatic carbocycles. The molecule has 0 spiro atoms. The Balaban J connectivity index is 3.39. The minimum absolute atomic E-state index is 0.000278. The summed E-state index contributed by atoms with van der Waals surface area (Å²) in [6, 6.07) is -0.543. The summed E-state index contributed by atoms with van der Waals surface area (Å²) in [5.74, 6) is -0.0390. The highest BCUT2D eigenvalue weighted by Crippen LogP contribution is 2.17. The SMILES string of the molecule is CCCCCCCC/C=C\CCCCCCCC(=O)OCCCCCCCCCCCCCCCCCCCCC(=O)NC(CO)C(O)CCCCCCCCCCCCCC. The Morgan fingerprint density at radius 2 is 0.758 bits per heavy atom. The van der Waals surface area contributed by atoms with E-state index in [0.29, 0.717) is 25.9 Å². The number of esters is 1. The van der Waals surface area contributed by atoms with Gasteiger partial charge in [-0.05, 0) is 51.4 Å². The monoisotopic (exact) mass is 876 g/mol. The van der Waals surface area contributed by atoms with Gasteiger partial charge in [-0.1, -0.05) is 257 Å². The van der Waals surface area contributed by atoms with Gasteiger partial charge in [0.15, 0.2) is 0 Å². The second-order valence-corrected chi connectivity index (χ2v) is 19.3. The predicted molar refractivity (Wildman–Crippen MR) is 269 cm³/mol. The third-order valence-corrected chi connectivity index (χ3v) is 13.1. The first-order valence-corrected chi connectivity index (χ1v) is 27.9. The lowest BCUT2D eigenvalue weighted by Crippen LogP contribution is -2.45. The largest absolute Gasteiger partial charge is 0.466 e. The van der Waals surface area contributed by atoms with E-state index < -0.39 is 12.1 Å². The van der Waals surface area contributed by atoms with E-state index >= 15 is 0 Å². The predicted octanol–water partition coefficient (Wildman–Crippen LogP) is 16.9. The molecule has 0 radical (unpaired) electrons. The van der Waals surface area contributed by atoms with Crippen molar-refractivity contribution in [2.45, 2.75) is 321 Å². The molecule has 0 bridgehead atoms. The highest BCUT2D eigenvalue weighted by atomic mass is 16.5. The molecule has 0 heterocycles. The topological polar surface area (TPSA) is 95.9 Å². The maximum Gasteiger partial charge on any atom is 0.305 e. The van der Waals surface area contributed by atoms with Gasteiger partial charge in [-0.15, -0.1) is 0 Å². The molecule has 0 saturated heterocycles. The number of ether oxygens (including phenoxy) is 1. The van der Waals surface area contributed by atoms with E-state index in [4.69, 9.17) is 4.74 Å². The summed E-state index contributed by atoms with van der Waals surface area (Å²) >= 11 is 0. The summed E-state index contributed by atoms with van der Waals surface area (Å²) < 4.78 is 5.47. The second-order valence-electron chi connectivity index (χ2n) is 19.3. The van der Waals surface area contributed by atoms with Gasteiger partial charge in [0.1, 0.15) is 0 Å². The maximum atomic E-state index is 12.4. The highest BCUT2D eigenvalue weighted by Gasteiger charge is 2.20. The number of hydrogen-bond acceptors (Lipinski definition) is 5. The van der Waals surface area contributed by atoms with Gasteiger partial charge in [-0.25, -0.2) is 0 Å². The van der Waals surface area contributed by atoms with Crippen LogP contribution in [0.2, 0.25) is 0 Å². The molecule has 0 aliphatic carbocycles. The number of nitrogens with one attached hydrogen (secondary N) is 1. The Bertz CT molecular complexity index is 924.